The Kier molecular flexibility index (Phi) is 3.91. The van der Waals surface area contributed by atoms with Crippen LogP contribution in [0.4, 0.5) is 5.13 Å². The minimum absolute atomic E-state index is 0.917. The van der Waals surface area contributed by atoms with E-state index in [0.29, 0.717) is 0 Å². The van der Waals surface area contributed by atoms with Crippen LogP contribution in [0.3, 0.4) is 0 Å². The second kappa shape index (κ2) is 5.42. The molecule has 1 aliphatic heterocycles. The van der Waals surface area contributed by atoms with Gasteiger partial charge < -0.3 is 5.32 Å². The van der Waals surface area contributed by atoms with Crippen molar-refractivity contribution in [1.82, 2.24) is 15.1 Å². The van der Waals surface area contributed by atoms with Gasteiger partial charge in [-0.3, -0.25) is 4.90 Å². The van der Waals surface area contributed by atoms with E-state index in [2.05, 4.69) is 20.4 Å². The van der Waals surface area contributed by atoms with Gasteiger partial charge in [0.25, 0.3) is 0 Å². The van der Waals surface area contributed by atoms with Crippen molar-refractivity contribution in [2.24, 2.45) is 0 Å². The van der Waals surface area contributed by atoms with Gasteiger partial charge in [-0.25, -0.2) is 0 Å². The Morgan fingerprint density at radius 3 is 2.53 bits per heavy atom. The van der Waals surface area contributed by atoms with E-state index in [1.165, 1.54) is 38.8 Å². The molecule has 0 radical (unpaired) electrons. The van der Waals surface area contributed by atoms with Gasteiger partial charge in [-0.2, -0.15) is 0 Å². The van der Waals surface area contributed by atoms with Crippen LogP contribution in [0.1, 0.15) is 30.7 Å². The van der Waals surface area contributed by atoms with E-state index >= 15 is 0 Å². The number of rotatable bonds is 3. The second-order valence-corrected chi connectivity index (χ2v) is 5.00. The van der Waals surface area contributed by atoms with E-state index in [1.807, 2.05) is 7.05 Å². The molecule has 15 heavy (non-hydrogen) atoms. The van der Waals surface area contributed by atoms with E-state index in [4.69, 9.17) is 0 Å². The SMILES string of the molecule is CNc1nnc(CN2CCCCCC2)s1. The number of nitrogens with zero attached hydrogens (tertiary/aromatic N) is 3. The van der Waals surface area contributed by atoms with Crippen LogP contribution in [0.25, 0.3) is 0 Å². The van der Waals surface area contributed by atoms with E-state index in [-0.39, 0.29) is 0 Å². The molecule has 1 aromatic rings. The van der Waals surface area contributed by atoms with Gasteiger partial charge in [0.05, 0.1) is 6.54 Å². The van der Waals surface area contributed by atoms with Crippen molar-refractivity contribution in [2.75, 3.05) is 25.5 Å². The Hall–Kier alpha value is -0.680. The van der Waals surface area contributed by atoms with Crippen LogP contribution in [-0.2, 0) is 6.54 Å². The lowest BCUT2D eigenvalue weighted by atomic mass is 10.2. The summed E-state index contributed by atoms with van der Waals surface area (Å²) in [5.74, 6) is 0. The van der Waals surface area contributed by atoms with Crippen LogP contribution < -0.4 is 5.32 Å². The Bertz CT molecular complexity index is 291. The molecule has 84 valence electrons. The van der Waals surface area contributed by atoms with Crippen molar-refractivity contribution in [1.29, 1.82) is 0 Å². The summed E-state index contributed by atoms with van der Waals surface area (Å²) in [5.41, 5.74) is 0. The molecule has 1 aliphatic rings. The third-order valence-corrected chi connectivity index (χ3v) is 3.66. The Labute approximate surface area is 94.7 Å². The monoisotopic (exact) mass is 226 g/mol. The van der Waals surface area contributed by atoms with Crippen molar-refractivity contribution in [2.45, 2.75) is 32.2 Å². The molecule has 5 heteroatoms. The maximum atomic E-state index is 4.18. The predicted octanol–water partition coefficient (Wildman–Crippen LogP) is 1.96. The summed E-state index contributed by atoms with van der Waals surface area (Å²) in [7, 11) is 1.89. The fraction of sp³-hybridized carbons (Fsp3) is 0.800. The molecular weight excluding hydrogens is 208 g/mol. The molecule has 0 unspecified atom stereocenters. The third kappa shape index (κ3) is 3.14. The lowest BCUT2D eigenvalue weighted by molar-refractivity contribution is 0.276. The summed E-state index contributed by atoms with van der Waals surface area (Å²) >= 11 is 1.66. The Morgan fingerprint density at radius 1 is 1.20 bits per heavy atom. The van der Waals surface area contributed by atoms with Gasteiger partial charge in [0.1, 0.15) is 5.01 Å². The topological polar surface area (TPSA) is 41.1 Å². The second-order valence-electron chi connectivity index (χ2n) is 3.94. The van der Waals surface area contributed by atoms with Crippen molar-refractivity contribution in [3.05, 3.63) is 5.01 Å². The van der Waals surface area contributed by atoms with Gasteiger partial charge in [0, 0.05) is 7.05 Å². The summed E-state index contributed by atoms with van der Waals surface area (Å²) in [6.45, 7) is 3.41. The molecule has 0 bridgehead atoms. The van der Waals surface area contributed by atoms with Crippen molar-refractivity contribution < 1.29 is 0 Å². The predicted molar refractivity (Wildman–Crippen MR) is 63.2 cm³/mol. The molecule has 2 heterocycles. The zero-order valence-corrected chi connectivity index (χ0v) is 10.0. The number of aromatic nitrogens is 2. The Balaban J connectivity index is 1.89. The molecule has 2 rings (SSSR count). The number of nitrogens with one attached hydrogen (secondary N) is 1. The normalized spacial score (nSPS) is 18.7. The molecule has 4 nitrogen and oxygen atoms in total. The maximum absolute atomic E-state index is 4.18. The van der Waals surface area contributed by atoms with E-state index in [1.54, 1.807) is 11.3 Å². The van der Waals surface area contributed by atoms with Gasteiger partial charge in [-0.05, 0) is 25.9 Å². The maximum Gasteiger partial charge on any atom is 0.205 e. The van der Waals surface area contributed by atoms with E-state index < -0.39 is 0 Å². The van der Waals surface area contributed by atoms with Crippen molar-refractivity contribution in [3.8, 4) is 0 Å². The molecule has 0 saturated carbocycles. The van der Waals surface area contributed by atoms with Crippen LogP contribution in [0.5, 0.6) is 0 Å². The van der Waals surface area contributed by atoms with Crippen molar-refractivity contribution >= 4 is 16.5 Å². The van der Waals surface area contributed by atoms with Crippen LogP contribution in [0, 0.1) is 0 Å². The van der Waals surface area contributed by atoms with E-state index in [0.717, 1.165) is 16.7 Å². The summed E-state index contributed by atoms with van der Waals surface area (Å²) in [5, 5.41) is 13.3. The average molecular weight is 226 g/mol. The highest BCUT2D eigenvalue weighted by Crippen LogP contribution is 2.18. The summed E-state index contributed by atoms with van der Waals surface area (Å²) in [4.78, 5) is 2.49. The zero-order valence-electron chi connectivity index (χ0n) is 9.20. The molecule has 0 spiro atoms. The highest BCUT2D eigenvalue weighted by Gasteiger charge is 2.11. The molecular formula is C10H18N4S. The third-order valence-electron chi connectivity index (χ3n) is 2.74. The number of anilines is 1. The first kappa shape index (κ1) is 10.8. The van der Waals surface area contributed by atoms with Gasteiger partial charge >= 0.3 is 0 Å². The minimum atomic E-state index is 0.917. The molecule has 0 aromatic carbocycles. The molecule has 0 aliphatic carbocycles. The lowest BCUT2D eigenvalue weighted by Gasteiger charge is -2.17. The summed E-state index contributed by atoms with van der Waals surface area (Å²) < 4.78 is 0. The molecule has 0 amide bonds. The van der Waals surface area contributed by atoms with Crippen molar-refractivity contribution in [3.63, 3.8) is 0 Å². The number of likely N-dealkylation sites (tertiary alicyclic amines) is 1. The minimum Gasteiger partial charge on any atom is -0.363 e. The number of hydrogen-bond donors (Lipinski definition) is 1. The zero-order chi connectivity index (χ0) is 10.5. The van der Waals surface area contributed by atoms with Gasteiger partial charge in [0.15, 0.2) is 0 Å². The fourth-order valence-electron chi connectivity index (χ4n) is 1.90. The molecule has 1 saturated heterocycles. The first-order valence-electron chi connectivity index (χ1n) is 5.61. The Morgan fingerprint density at radius 2 is 1.93 bits per heavy atom. The standard InChI is InChI=1S/C10H18N4S/c1-11-10-13-12-9(15-10)8-14-6-4-2-3-5-7-14/h2-8H2,1H3,(H,11,13). The van der Waals surface area contributed by atoms with Crippen LogP contribution in [-0.4, -0.2) is 35.2 Å². The quantitative estimate of drug-likeness (QED) is 0.855. The van der Waals surface area contributed by atoms with Crippen LogP contribution >= 0.6 is 11.3 Å². The molecule has 1 aromatic heterocycles. The smallest absolute Gasteiger partial charge is 0.205 e. The van der Waals surface area contributed by atoms with Crippen LogP contribution in [0.15, 0.2) is 0 Å². The van der Waals surface area contributed by atoms with Crippen LogP contribution in [0.2, 0.25) is 0 Å². The largest absolute Gasteiger partial charge is 0.363 e. The van der Waals surface area contributed by atoms with Gasteiger partial charge in [-0.1, -0.05) is 24.2 Å². The molecule has 0 atom stereocenters. The highest BCUT2D eigenvalue weighted by atomic mass is 32.1. The highest BCUT2D eigenvalue weighted by molar-refractivity contribution is 7.15. The van der Waals surface area contributed by atoms with E-state index in [9.17, 15) is 0 Å². The van der Waals surface area contributed by atoms with Gasteiger partial charge in [0.2, 0.25) is 5.13 Å². The lowest BCUT2D eigenvalue weighted by Crippen LogP contribution is -2.23. The number of hydrogen-bond acceptors (Lipinski definition) is 5. The van der Waals surface area contributed by atoms with Gasteiger partial charge in [-0.15, -0.1) is 10.2 Å². The molecule has 1 fully saturated rings. The average Bonchev–Trinajstić information content (AvgIpc) is 2.54. The molecule has 1 N–H and O–H groups in total. The fourth-order valence-corrected chi connectivity index (χ4v) is 2.64. The first-order valence-corrected chi connectivity index (χ1v) is 6.42. The summed E-state index contributed by atoms with van der Waals surface area (Å²) in [6.07, 6.45) is 5.43. The summed E-state index contributed by atoms with van der Waals surface area (Å²) in [6, 6.07) is 0. The first-order chi connectivity index (χ1) is 7.38.